The van der Waals surface area contributed by atoms with Gasteiger partial charge in [0, 0.05) is 40.1 Å². The van der Waals surface area contributed by atoms with Crippen molar-refractivity contribution in [2.75, 3.05) is 22.6 Å². The van der Waals surface area contributed by atoms with Crippen LogP contribution in [0.3, 0.4) is 0 Å². The minimum atomic E-state index is -0.787. The van der Waals surface area contributed by atoms with E-state index >= 15 is 0 Å². The molecule has 0 aliphatic carbocycles. The number of aryl methyl sites for hydroxylation is 1. The quantitative estimate of drug-likeness (QED) is 0.725. The highest BCUT2D eigenvalue weighted by atomic mass is 32.2. The number of anilines is 2. The minimum absolute atomic E-state index is 0.0367. The van der Waals surface area contributed by atoms with Gasteiger partial charge in [-0.2, -0.15) is 0 Å². The maximum absolute atomic E-state index is 11.8. The molecule has 0 radical (unpaired) electrons. The topological polar surface area (TPSA) is 72.2 Å². The summed E-state index contributed by atoms with van der Waals surface area (Å²) in [6.45, 7) is 3.99. The number of hydrogen-bond donors (Lipinski definition) is 2. The molecule has 1 atom stereocenters. The molecule has 112 valence electrons. The third kappa shape index (κ3) is 6.19. The molecular weight excluding hydrogens is 272 g/mol. The van der Waals surface area contributed by atoms with E-state index in [1.54, 1.807) is 6.07 Å². The number of nitrogens with one attached hydrogen (secondary N) is 1. The lowest BCUT2D eigenvalue weighted by Crippen LogP contribution is -2.14. The van der Waals surface area contributed by atoms with Crippen LogP contribution in [0, 0.1) is 6.92 Å². The molecule has 20 heavy (non-hydrogen) atoms. The van der Waals surface area contributed by atoms with Crippen LogP contribution in [0.5, 0.6) is 0 Å². The van der Waals surface area contributed by atoms with Crippen LogP contribution in [0.1, 0.15) is 38.2 Å². The fraction of sp³-hybridized carbons (Fsp3) is 0.533. The summed E-state index contributed by atoms with van der Waals surface area (Å²) in [6.07, 6.45) is 3.12. The molecular formula is C15H24N2O2S. The molecule has 0 aliphatic heterocycles. The predicted molar refractivity (Wildman–Crippen MR) is 86.2 cm³/mol. The van der Waals surface area contributed by atoms with Crippen LogP contribution < -0.4 is 11.1 Å². The SMILES string of the molecule is CCCCS(=O)CCCC(=O)Nc1ccc(N)cc1C. The number of hydrogen-bond acceptors (Lipinski definition) is 3. The zero-order chi connectivity index (χ0) is 15.0. The number of rotatable bonds is 8. The summed E-state index contributed by atoms with van der Waals surface area (Å²) < 4.78 is 11.6. The lowest BCUT2D eigenvalue weighted by molar-refractivity contribution is -0.116. The first kappa shape index (κ1) is 16.7. The van der Waals surface area contributed by atoms with Crippen LogP contribution in [-0.2, 0) is 15.6 Å². The number of carbonyl (C=O) groups is 1. The molecule has 1 rings (SSSR count). The second-order valence-electron chi connectivity index (χ2n) is 4.93. The number of nitrogen functional groups attached to an aromatic ring is 1. The summed E-state index contributed by atoms with van der Waals surface area (Å²) >= 11 is 0. The first-order chi connectivity index (χ1) is 9.52. The van der Waals surface area contributed by atoms with Crippen LogP contribution >= 0.6 is 0 Å². The molecule has 0 bridgehead atoms. The van der Waals surface area contributed by atoms with E-state index in [4.69, 9.17) is 5.73 Å². The van der Waals surface area contributed by atoms with Gasteiger partial charge in [-0.05, 0) is 43.5 Å². The van der Waals surface area contributed by atoms with Gasteiger partial charge in [-0.1, -0.05) is 13.3 Å². The first-order valence-corrected chi connectivity index (χ1v) is 8.52. The smallest absolute Gasteiger partial charge is 0.224 e. The van der Waals surface area contributed by atoms with Gasteiger partial charge < -0.3 is 11.1 Å². The van der Waals surface area contributed by atoms with E-state index in [2.05, 4.69) is 12.2 Å². The van der Waals surface area contributed by atoms with Gasteiger partial charge in [-0.25, -0.2) is 0 Å². The molecule has 1 amide bonds. The van der Waals surface area contributed by atoms with E-state index in [0.717, 1.165) is 29.8 Å². The fourth-order valence-corrected chi connectivity index (χ4v) is 3.12. The van der Waals surface area contributed by atoms with Crippen LogP contribution in [-0.4, -0.2) is 21.6 Å². The Hall–Kier alpha value is -1.36. The summed E-state index contributed by atoms with van der Waals surface area (Å²) in [5, 5.41) is 2.86. The maximum Gasteiger partial charge on any atom is 0.224 e. The molecule has 4 nitrogen and oxygen atoms in total. The Morgan fingerprint density at radius 2 is 2.00 bits per heavy atom. The lowest BCUT2D eigenvalue weighted by Gasteiger charge is -2.09. The molecule has 1 unspecified atom stereocenters. The van der Waals surface area contributed by atoms with Gasteiger partial charge in [0.05, 0.1) is 0 Å². The molecule has 0 aromatic heterocycles. The molecule has 3 N–H and O–H groups in total. The average molecular weight is 296 g/mol. The van der Waals surface area contributed by atoms with E-state index in [1.165, 1.54) is 0 Å². The monoisotopic (exact) mass is 296 g/mol. The van der Waals surface area contributed by atoms with Crippen molar-refractivity contribution in [2.45, 2.75) is 39.5 Å². The van der Waals surface area contributed by atoms with Gasteiger partial charge in [0.25, 0.3) is 0 Å². The van der Waals surface area contributed by atoms with E-state index in [-0.39, 0.29) is 5.91 Å². The Bertz CT molecular complexity index is 475. The average Bonchev–Trinajstić information content (AvgIpc) is 2.39. The second-order valence-corrected chi connectivity index (χ2v) is 6.62. The molecule has 0 fully saturated rings. The summed E-state index contributed by atoms with van der Waals surface area (Å²) in [6, 6.07) is 5.40. The van der Waals surface area contributed by atoms with E-state index < -0.39 is 10.8 Å². The molecule has 5 heteroatoms. The van der Waals surface area contributed by atoms with Gasteiger partial charge in [0.2, 0.25) is 5.91 Å². The Morgan fingerprint density at radius 1 is 1.30 bits per heavy atom. The van der Waals surface area contributed by atoms with Crippen molar-refractivity contribution < 1.29 is 9.00 Å². The zero-order valence-electron chi connectivity index (χ0n) is 12.3. The molecule has 0 saturated carbocycles. The predicted octanol–water partition coefficient (Wildman–Crippen LogP) is 2.84. The highest BCUT2D eigenvalue weighted by Gasteiger charge is 2.06. The summed E-state index contributed by atoms with van der Waals surface area (Å²) in [4.78, 5) is 11.8. The molecule has 0 spiro atoms. The fourth-order valence-electron chi connectivity index (χ4n) is 1.84. The van der Waals surface area contributed by atoms with E-state index in [9.17, 15) is 9.00 Å². The Morgan fingerprint density at radius 3 is 2.65 bits per heavy atom. The van der Waals surface area contributed by atoms with Gasteiger partial charge in [0.15, 0.2) is 0 Å². The second kappa shape index (κ2) is 8.74. The number of unbranched alkanes of at least 4 members (excludes halogenated alkanes) is 1. The molecule has 0 saturated heterocycles. The van der Waals surface area contributed by atoms with Gasteiger partial charge in [0.1, 0.15) is 0 Å². The largest absolute Gasteiger partial charge is 0.399 e. The van der Waals surface area contributed by atoms with Crippen LogP contribution in [0.2, 0.25) is 0 Å². The van der Waals surface area contributed by atoms with Crippen molar-refractivity contribution in [2.24, 2.45) is 0 Å². The zero-order valence-corrected chi connectivity index (χ0v) is 13.1. The Kier molecular flexibility index (Phi) is 7.30. The van der Waals surface area contributed by atoms with Gasteiger partial charge in [-0.3, -0.25) is 9.00 Å². The summed E-state index contributed by atoms with van der Waals surface area (Å²) in [5.41, 5.74) is 8.09. The highest BCUT2D eigenvalue weighted by molar-refractivity contribution is 7.84. The molecule has 0 heterocycles. The van der Waals surface area contributed by atoms with Gasteiger partial charge >= 0.3 is 0 Å². The van der Waals surface area contributed by atoms with Crippen LogP contribution in [0.4, 0.5) is 11.4 Å². The maximum atomic E-state index is 11.8. The summed E-state index contributed by atoms with van der Waals surface area (Å²) in [5.74, 6) is 1.31. The standard InChI is InChI=1S/C15H24N2O2S/c1-3-4-9-20(19)10-5-6-15(18)17-14-8-7-13(16)11-12(14)2/h7-8,11H,3-6,9-10,16H2,1-2H3,(H,17,18). The van der Waals surface area contributed by atoms with Crippen molar-refractivity contribution in [1.82, 2.24) is 0 Å². The van der Waals surface area contributed by atoms with Crippen molar-refractivity contribution in [3.8, 4) is 0 Å². The third-order valence-electron chi connectivity index (χ3n) is 3.03. The number of carbonyl (C=O) groups excluding carboxylic acids is 1. The number of benzene rings is 1. The van der Waals surface area contributed by atoms with Crippen molar-refractivity contribution >= 4 is 28.1 Å². The molecule has 0 aliphatic rings. The van der Waals surface area contributed by atoms with Crippen molar-refractivity contribution in [3.63, 3.8) is 0 Å². The Balaban J connectivity index is 2.31. The van der Waals surface area contributed by atoms with E-state index in [1.807, 2.05) is 19.1 Å². The minimum Gasteiger partial charge on any atom is -0.399 e. The van der Waals surface area contributed by atoms with Crippen molar-refractivity contribution in [3.05, 3.63) is 23.8 Å². The van der Waals surface area contributed by atoms with E-state index in [0.29, 0.717) is 24.3 Å². The summed E-state index contributed by atoms with van der Waals surface area (Å²) in [7, 11) is -0.787. The lowest BCUT2D eigenvalue weighted by atomic mass is 10.1. The van der Waals surface area contributed by atoms with Crippen molar-refractivity contribution in [1.29, 1.82) is 0 Å². The Labute approximate surface area is 123 Å². The number of amides is 1. The van der Waals surface area contributed by atoms with Gasteiger partial charge in [-0.15, -0.1) is 0 Å². The van der Waals surface area contributed by atoms with Crippen LogP contribution in [0.25, 0.3) is 0 Å². The third-order valence-corrected chi connectivity index (χ3v) is 4.51. The molecule has 1 aromatic carbocycles. The van der Waals surface area contributed by atoms with Crippen LogP contribution in [0.15, 0.2) is 18.2 Å². The highest BCUT2D eigenvalue weighted by Crippen LogP contribution is 2.17. The first-order valence-electron chi connectivity index (χ1n) is 7.04. The normalized spacial score (nSPS) is 12.1. The molecule has 1 aromatic rings. The number of nitrogens with two attached hydrogens (primary N) is 1.